The number of amides is 1. The zero-order valence-corrected chi connectivity index (χ0v) is 12.7. The van der Waals surface area contributed by atoms with Gasteiger partial charge in [0.2, 0.25) is 0 Å². The minimum atomic E-state index is -0.0612. The van der Waals surface area contributed by atoms with Crippen LogP contribution in [0.4, 0.5) is 0 Å². The van der Waals surface area contributed by atoms with Crippen LogP contribution in [0.5, 0.6) is 0 Å². The van der Waals surface area contributed by atoms with Crippen LogP contribution in [0.2, 0.25) is 0 Å². The second kappa shape index (κ2) is 7.26. The fourth-order valence-corrected chi connectivity index (χ4v) is 2.68. The molecule has 1 aromatic rings. The van der Waals surface area contributed by atoms with E-state index in [-0.39, 0.29) is 5.91 Å². The predicted molar refractivity (Wildman–Crippen MR) is 84.5 cm³/mol. The Morgan fingerprint density at radius 1 is 1.29 bits per heavy atom. The van der Waals surface area contributed by atoms with Crippen LogP contribution in [-0.2, 0) is 0 Å². The molecule has 1 amide bonds. The first-order valence-electron chi connectivity index (χ1n) is 7.50. The zero-order chi connectivity index (χ0) is 15.2. The second-order valence-corrected chi connectivity index (χ2v) is 5.56. The molecule has 2 atom stereocenters. The first-order valence-corrected chi connectivity index (χ1v) is 7.50. The van der Waals surface area contributed by atoms with Crippen molar-refractivity contribution in [1.82, 2.24) is 10.4 Å². The van der Waals surface area contributed by atoms with Gasteiger partial charge in [-0.25, -0.2) is 5.01 Å². The number of piperidine rings is 1. The quantitative estimate of drug-likeness (QED) is 0.816. The summed E-state index contributed by atoms with van der Waals surface area (Å²) in [6, 6.07) is 8.06. The van der Waals surface area contributed by atoms with Crippen LogP contribution in [0.25, 0.3) is 0 Å². The molecule has 1 aliphatic rings. The zero-order valence-electron chi connectivity index (χ0n) is 12.7. The van der Waals surface area contributed by atoms with Crippen molar-refractivity contribution in [3.8, 4) is 11.8 Å². The topological polar surface area (TPSA) is 58.4 Å². The van der Waals surface area contributed by atoms with Gasteiger partial charge in [-0.05, 0) is 51.0 Å². The number of carbonyl (C=O) groups excluding carboxylic acids is 1. The average molecular weight is 285 g/mol. The van der Waals surface area contributed by atoms with E-state index in [0.29, 0.717) is 24.2 Å². The molecule has 2 unspecified atom stereocenters. The van der Waals surface area contributed by atoms with E-state index in [1.54, 1.807) is 12.1 Å². The van der Waals surface area contributed by atoms with Gasteiger partial charge in [-0.15, -0.1) is 0 Å². The maximum Gasteiger partial charge on any atom is 0.265 e. The monoisotopic (exact) mass is 285 g/mol. The van der Waals surface area contributed by atoms with Gasteiger partial charge in [-0.3, -0.25) is 10.2 Å². The molecule has 4 nitrogen and oxygen atoms in total. The Bertz CT molecular complexity index is 531. The molecule has 0 radical (unpaired) electrons. The van der Waals surface area contributed by atoms with Gasteiger partial charge in [0.1, 0.15) is 0 Å². The van der Waals surface area contributed by atoms with Crippen LogP contribution < -0.4 is 11.2 Å². The first kappa shape index (κ1) is 15.6. The predicted octanol–water partition coefficient (Wildman–Crippen LogP) is 1.90. The van der Waals surface area contributed by atoms with Gasteiger partial charge >= 0.3 is 0 Å². The molecule has 0 aliphatic carbocycles. The first-order chi connectivity index (χ1) is 10.1. The van der Waals surface area contributed by atoms with E-state index in [0.717, 1.165) is 18.4 Å². The smallest absolute Gasteiger partial charge is 0.265 e. The number of nitrogens with one attached hydrogen (secondary N) is 1. The molecule has 1 aromatic carbocycles. The van der Waals surface area contributed by atoms with Gasteiger partial charge in [-0.1, -0.05) is 18.3 Å². The summed E-state index contributed by atoms with van der Waals surface area (Å²) in [5, 5.41) is 2.08. The molecule has 2 rings (SSSR count). The SMILES string of the molecule is CC1CCCC(C)N1NC(=O)c1ccc(C#CCN)cc1. The summed E-state index contributed by atoms with van der Waals surface area (Å²) in [4.78, 5) is 12.3. The van der Waals surface area contributed by atoms with Gasteiger partial charge in [0.15, 0.2) is 0 Å². The largest absolute Gasteiger partial charge is 0.320 e. The van der Waals surface area contributed by atoms with Crippen molar-refractivity contribution < 1.29 is 4.79 Å². The molecule has 112 valence electrons. The lowest BCUT2D eigenvalue weighted by Crippen LogP contribution is -2.54. The molecule has 21 heavy (non-hydrogen) atoms. The molecular formula is C17H23N3O. The van der Waals surface area contributed by atoms with E-state index in [1.165, 1.54) is 6.42 Å². The Morgan fingerprint density at radius 3 is 2.48 bits per heavy atom. The van der Waals surface area contributed by atoms with Crippen molar-refractivity contribution in [2.75, 3.05) is 6.54 Å². The van der Waals surface area contributed by atoms with Crippen LogP contribution in [0.15, 0.2) is 24.3 Å². The number of rotatable bonds is 2. The third-order valence-electron chi connectivity index (χ3n) is 3.91. The summed E-state index contributed by atoms with van der Waals surface area (Å²) in [5.74, 6) is 5.69. The fraction of sp³-hybridized carbons (Fsp3) is 0.471. The Hall–Kier alpha value is -1.83. The van der Waals surface area contributed by atoms with Crippen LogP contribution in [0, 0.1) is 11.8 Å². The van der Waals surface area contributed by atoms with Gasteiger partial charge in [0.05, 0.1) is 6.54 Å². The molecule has 1 fully saturated rings. The number of benzene rings is 1. The van der Waals surface area contributed by atoms with Gasteiger partial charge in [0.25, 0.3) is 5.91 Å². The van der Waals surface area contributed by atoms with E-state index in [9.17, 15) is 4.79 Å². The van der Waals surface area contributed by atoms with E-state index >= 15 is 0 Å². The summed E-state index contributed by atoms with van der Waals surface area (Å²) in [5.41, 5.74) is 9.90. The standard InChI is InChI=1S/C17H23N3O/c1-13-5-3-6-14(2)20(13)19-17(21)16-10-8-15(9-11-16)7-4-12-18/h8-11,13-14H,3,5-6,12,18H2,1-2H3,(H,19,21). The lowest BCUT2D eigenvalue weighted by Gasteiger charge is -2.38. The maximum absolute atomic E-state index is 12.3. The van der Waals surface area contributed by atoms with E-state index in [4.69, 9.17) is 5.73 Å². The molecule has 1 heterocycles. The minimum Gasteiger partial charge on any atom is -0.320 e. The highest BCUT2D eigenvalue weighted by Gasteiger charge is 2.26. The van der Waals surface area contributed by atoms with Crippen molar-refractivity contribution >= 4 is 5.91 Å². The lowest BCUT2D eigenvalue weighted by molar-refractivity contribution is 0.0370. The van der Waals surface area contributed by atoms with Crippen molar-refractivity contribution in [2.24, 2.45) is 5.73 Å². The van der Waals surface area contributed by atoms with Crippen molar-refractivity contribution in [1.29, 1.82) is 0 Å². The molecular weight excluding hydrogens is 262 g/mol. The van der Waals surface area contributed by atoms with E-state index in [1.807, 2.05) is 12.1 Å². The summed E-state index contributed by atoms with van der Waals surface area (Å²) < 4.78 is 0. The number of carbonyl (C=O) groups is 1. The molecule has 0 saturated carbocycles. The number of nitrogens with two attached hydrogens (primary N) is 1. The highest BCUT2D eigenvalue weighted by molar-refractivity contribution is 5.93. The molecule has 0 spiro atoms. The average Bonchev–Trinajstić information content (AvgIpc) is 2.49. The molecule has 1 saturated heterocycles. The Kier molecular flexibility index (Phi) is 5.38. The molecule has 1 aliphatic heterocycles. The van der Waals surface area contributed by atoms with Crippen molar-refractivity contribution in [2.45, 2.75) is 45.2 Å². The Morgan fingerprint density at radius 2 is 1.90 bits per heavy atom. The Labute approximate surface area is 126 Å². The van der Waals surface area contributed by atoms with E-state index in [2.05, 4.69) is 36.1 Å². The van der Waals surface area contributed by atoms with Gasteiger partial charge < -0.3 is 5.73 Å². The molecule has 4 heteroatoms. The number of hydrogen-bond donors (Lipinski definition) is 2. The number of hydrogen-bond acceptors (Lipinski definition) is 3. The fourth-order valence-electron chi connectivity index (χ4n) is 2.68. The van der Waals surface area contributed by atoms with Crippen LogP contribution >= 0.6 is 0 Å². The normalized spacial score (nSPS) is 22.2. The molecule has 0 bridgehead atoms. The number of hydrazine groups is 1. The Balaban J connectivity index is 2.02. The molecule has 0 aromatic heterocycles. The summed E-state index contributed by atoms with van der Waals surface area (Å²) in [6.45, 7) is 4.65. The van der Waals surface area contributed by atoms with Gasteiger partial charge in [-0.2, -0.15) is 0 Å². The van der Waals surface area contributed by atoms with E-state index < -0.39 is 0 Å². The van der Waals surface area contributed by atoms with Crippen LogP contribution in [-0.4, -0.2) is 29.5 Å². The third kappa shape index (κ3) is 4.07. The lowest BCUT2D eigenvalue weighted by atomic mass is 10.00. The van der Waals surface area contributed by atoms with Gasteiger partial charge in [0, 0.05) is 23.2 Å². The van der Waals surface area contributed by atoms with Crippen molar-refractivity contribution in [3.05, 3.63) is 35.4 Å². The summed E-state index contributed by atoms with van der Waals surface area (Å²) in [6.07, 6.45) is 3.47. The summed E-state index contributed by atoms with van der Waals surface area (Å²) in [7, 11) is 0. The van der Waals surface area contributed by atoms with Crippen LogP contribution in [0.1, 0.15) is 49.0 Å². The third-order valence-corrected chi connectivity index (χ3v) is 3.91. The summed E-state index contributed by atoms with van der Waals surface area (Å²) >= 11 is 0. The highest BCUT2D eigenvalue weighted by Crippen LogP contribution is 2.20. The van der Waals surface area contributed by atoms with Crippen molar-refractivity contribution in [3.63, 3.8) is 0 Å². The molecule has 3 N–H and O–H groups in total. The number of nitrogens with zero attached hydrogens (tertiary/aromatic N) is 1. The second-order valence-electron chi connectivity index (χ2n) is 5.56. The maximum atomic E-state index is 12.3. The highest BCUT2D eigenvalue weighted by atomic mass is 16.2. The minimum absolute atomic E-state index is 0.0612. The van der Waals surface area contributed by atoms with Crippen LogP contribution in [0.3, 0.4) is 0 Å².